The van der Waals surface area contributed by atoms with Gasteiger partial charge in [0.15, 0.2) is 17.8 Å². The van der Waals surface area contributed by atoms with Crippen molar-refractivity contribution in [3.8, 4) is 5.75 Å². The topological polar surface area (TPSA) is 43.4 Å². The molecule has 0 bridgehead atoms. The normalized spacial score (nSPS) is 10.3. The maximum Gasteiger partial charge on any atom is 0.387 e. The van der Waals surface area contributed by atoms with Crippen molar-refractivity contribution >= 4 is 23.7 Å². The molecule has 0 aromatic heterocycles. The van der Waals surface area contributed by atoms with Gasteiger partial charge in [-0.05, 0) is 19.1 Å². The molecule has 16 heavy (non-hydrogen) atoms. The molecule has 0 amide bonds. The van der Waals surface area contributed by atoms with E-state index >= 15 is 0 Å². The van der Waals surface area contributed by atoms with E-state index in [0.29, 0.717) is 6.29 Å². The van der Waals surface area contributed by atoms with Gasteiger partial charge in [-0.3, -0.25) is 9.59 Å². The Balaban J connectivity index is 3.34. The lowest BCUT2D eigenvalue weighted by Gasteiger charge is -2.11. The van der Waals surface area contributed by atoms with Gasteiger partial charge in [-0.15, -0.1) is 0 Å². The Morgan fingerprint density at radius 1 is 1.50 bits per heavy atom. The molecule has 6 heteroatoms. The van der Waals surface area contributed by atoms with Gasteiger partial charge in [0.25, 0.3) is 0 Å². The van der Waals surface area contributed by atoms with Gasteiger partial charge in [0, 0.05) is 5.56 Å². The first-order valence-corrected chi connectivity index (χ1v) is 4.58. The van der Waals surface area contributed by atoms with E-state index in [9.17, 15) is 18.4 Å². The van der Waals surface area contributed by atoms with E-state index in [0.717, 1.165) is 0 Å². The Hall–Kier alpha value is -1.49. The molecule has 0 heterocycles. The highest BCUT2D eigenvalue weighted by atomic mass is 35.5. The molecule has 0 saturated heterocycles. The number of benzene rings is 1. The second-order valence-electron chi connectivity index (χ2n) is 2.90. The molecule has 0 N–H and O–H groups in total. The molecule has 0 aliphatic carbocycles. The molecule has 0 radical (unpaired) electrons. The average molecular weight is 249 g/mol. The molecule has 0 atom stereocenters. The zero-order valence-electron chi connectivity index (χ0n) is 8.17. The summed E-state index contributed by atoms with van der Waals surface area (Å²) >= 11 is 5.69. The molecule has 0 aliphatic heterocycles. The van der Waals surface area contributed by atoms with Gasteiger partial charge < -0.3 is 4.74 Å². The Kier molecular flexibility index (Phi) is 3.95. The summed E-state index contributed by atoms with van der Waals surface area (Å²) in [5.74, 6) is -0.874. The molecule has 0 aliphatic rings. The summed E-state index contributed by atoms with van der Waals surface area (Å²) in [6.07, 6.45) is 0.327. The Morgan fingerprint density at radius 3 is 2.56 bits per heavy atom. The van der Waals surface area contributed by atoms with Gasteiger partial charge >= 0.3 is 6.61 Å². The number of aldehydes is 1. The Bertz CT molecular complexity index is 432. The fourth-order valence-corrected chi connectivity index (χ4v) is 1.49. The number of hydrogen-bond acceptors (Lipinski definition) is 3. The molecule has 3 nitrogen and oxygen atoms in total. The maximum absolute atomic E-state index is 12.1. The second kappa shape index (κ2) is 5.03. The van der Waals surface area contributed by atoms with Gasteiger partial charge in [0.2, 0.25) is 0 Å². The lowest BCUT2D eigenvalue weighted by molar-refractivity contribution is -0.0500. The Morgan fingerprint density at radius 2 is 2.12 bits per heavy atom. The SMILES string of the molecule is CC(=O)c1ccc(C=O)c(OC(F)F)c1Cl. The third-order valence-corrected chi connectivity index (χ3v) is 2.22. The van der Waals surface area contributed by atoms with Gasteiger partial charge in [-0.25, -0.2) is 0 Å². The van der Waals surface area contributed by atoms with Crippen LogP contribution in [0.5, 0.6) is 5.75 Å². The minimum absolute atomic E-state index is 0.0305. The van der Waals surface area contributed by atoms with E-state index in [1.807, 2.05) is 0 Å². The zero-order valence-corrected chi connectivity index (χ0v) is 8.92. The number of hydrogen-bond donors (Lipinski definition) is 0. The van der Waals surface area contributed by atoms with Crippen LogP contribution < -0.4 is 4.74 Å². The molecule has 0 unspecified atom stereocenters. The molecule has 1 aromatic rings. The van der Waals surface area contributed by atoms with Gasteiger partial charge in [-0.2, -0.15) is 8.78 Å². The van der Waals surface area contributed by atoms with Crippen molar-refractivity contribution in [3.63, 3.8) is 0 Å². The first-order valence-electron chi connectivity index (χ1n) is 4.20. The highest BCUT2D eigenvalue weighted by Crippen LogP contribution is 2.32. The van der Waals surface area contributed by atoms with Crippen LogP contribution in [0.25, 0.3) is 0 Å². The van der Waals surface area contributed by atoms with Crippen molar-refractivity contribution in [2.45, 2.75) is 13.5 Å². The number of Topliss-reactive ketones (excluding diaryl/α,β-unsaturated/α-hetero) is 1. The standard InChI is InChI=1S/C10H7ClF2O3/c1-5(15)7-3-2-6(4-14)9(8(7)11)16-10(12)13/h2-4,10H,1H3. The predicted octanol–water partition coefficient (Wildman–Crippen LogP) is 2.96. The fourth-order valence-electron chi connectivity index (χ4n) is 1.14. The molecule has 0 saturated carbocycles. The summed E-state index contributed by atoms with van der Waals surface area (Å²) in [6, 6.07) is 2.49. The van der Waals surface area contributed by atoms with Crippen LogP contribution >= 0.6 is 11.6 Å². The summed E-state index contributed by atoms with van der Waals surface area (Å²) < 4.78 is 28.2. The number of ether oxygens (including phenoxy) is 1. The molecular weight excluding hydrogens is 242 g/mol. The highest BCUT2D eigenvalue weighted by molar-refractivity contribution is 6.35. The van der Waals surface area contributed by atoms with Crippen LogP contribution in [0.1, 0.15) is 27.6 Å². The van der Waals surface area contributed by atoms with Gasteiger partial charge in [0.1, 0.15) is 0 Å². The summed E-state index contributed by atoms with van der Waals surface area (Å²) in [5.41, 5.74) is -0.0989. The van der Waals surface area contributed by atoms with E-state index in [4.69, 9.17) is 11.6 Å². The molecule has 0 spiro atoms. The zero-order chi connectivity index (χ0) is 12.3. The second-order valence-corrected chi connectivity index (χ2v) is 3.28. The number of carbonyl (C=O) groups excluding carboxylic acids is 2. The van der Waals surface area contributed by atoms with Crippen LogP contribution in [-0.4, -0.2) is 18.7 Å². The number of carbonyl (C=O) groups is 2. The highest BCUT2D eigenvalue weighted by Gasteiger charge is 2.18. The van der Waals surface area contributed by atoms with Crippen LogP contribution in [0.3, 0.4) is 0 Å². The predicted molar refractivity (Wildman–Crippen MR) is 53.5 cm³/mol. The molecular formula is C10H7ClF2O3. The number of halogens is 3. The minimum Gasteiger partial charge on any atom is -0.432 e. The van der Waals surface area contributed by atoms with Crippen molar-refractivity contribution in [1.29, 1.82) is 0 Å². The largest absolute Gasteiger partial charge is 0.432 e. The fraction of sp³-hybridized carbons (Fsp3) is 0.200. The quantitative estimate of drug-likeness (QED) is 0.608. The van der Waals surface area contributed by atoms with Crippen molar-refractivity contribution in [2.24, 2.45) is 0 Å². The maximum atomic E-state index is 12.1. The van der Waals surface area contributed by atoms with E-state index in [1.54, 1.807) is 0 Å². The third kappa shape index (κ3) is 2.55. The molecule has 1 aromatic carbocycles. The van der Waals surface area contributed by atoms with Crippen LogP contribution in [0.4, 0.5) is 8.78 Å². The summed E-state index contributed by atoms with van der Waals surface area (Å²) in [7, 11) is 0. The van der Waals surface area contributed by atoms with Crippen molar-refractivity contribution in [3.05, 3.63) is 28.3 Å². The lowest BCUT2D eigenvalue weighted by Crippen LogP contribution is -2.07. The smallest absolute Gasteiger partial charge is 0.387 e. The minimum atomic E-state index is -3.11. The first kappa shape index (κ1) is 12.6. The van der Waals surface area contributed by atoms with Crippen molar-refractivity contribution in [1.82, 2.24) is 0 Å². The number of alkyl halides is 2. The van der Waals surface area contributed by atoms with E-state index < -0.39 is 18.1 Å². The van der Waals surface area contributed by atoms with Crippen LogP contribution in [-0.2, 0) is 0 Å². The first-order chi connectivity index (χ1) is 7.47. The van der Waals surface area contributed by atoms with Crippen LogP contribution in [0.15, 0.2) is 12.1 Å². The van der Waals surface area contributed by atoms with Gasteiger partial charge in [0.05, 0.1) is 10.6 Å². The summed E-state index contributed by atoms with van der Waals surface area (Å²) in [5, 5.41) is -0.280. The lowest BCUT2D eigenvalue weighted by atomic mass is 10.1. The number of ketones is 1. The van der Waals surface area contributed by atoms with E-state index in [1.165, 1.54) is 19.1 Å². The average Bonchev–Trinajstić information content (AvgIpc) is 2.19. The van der Waals surface area contributed by atoms with Crippen LogP contribution in [0.2, 0.25) is 5.02 Å². The number of rotatable bonds is 4. The molecule has 1 rings (SSSR count). The summed E-state index contributed by atoms with van der Waals surface area (Å²) in [6.45, 7) is -1.88. The van der Waals surface area contributed by atoms with E-state index in [2.05, 4.69) is 4.74 Å². The van der Waals surface area contributed by atoms with E-state index in [-0.39, 0.29) is 16.1 Å². The van der Waals surface area contributed by atoms with Gasteiger partial charge in [-0.1, -0.05) is 11.6 Å². The molecule has 86 valence electrons. The summed E-state index contributed by atoms with van der Waals surface area (Å²) in [4.78, 5) is 21.7. The Labute approximate surface area is 95.0 Å². The third-order valence-electron chi connectivity index (χ3n) is 1.84. The van der Waals surface area contributed by atoms with Crippen molar-refractivity contribution in [2.75, 3.05) is 0 Å². The van der Waals surface area contributed by atoms with Crippen molar-refractivity contribution < 1.29 is 23.1 Å². The monoisotopic (exact) mass is 248 g/mol. The molecule has 0 fully saturated rings. The van der Waals surface area contributed by atoms with Crippen LogP contribution in [0, 0.1) is 0 Å².